The molecule has 0 atom stereocenters. The summed E-state index contributed by atoms with van der Waals surface area (Å²) in [6.07, 6.45) is 1.77. The molecule has 1 heterocycles. The molecule has 0 unspecified atom stereocenters. The molecule has 0 aliphatic rings. The minimum atomic E-state index is 0. The van der Waals surface area contributed by atoms with Crippen LogP contribution >= 0.6 is 11.3 Å². The van der Waals surface area contributed by atoms with Crippen LogP contribution in [-0.4, -0.2) is 15.9 Å². The predicted octanol–water partition coefficient (Wildman–Crippen LogP) is 1.94. The van der Waals surface area contributed by atoms with Crippen LogP contribution < -0.4 is 0 Å². The fourth-order valence-electron chi connectivity index (χ4n) is 0.176. The molecule has 92 valence electrons. The van der Waals surface area contributed by atoms with Gasteiger partial charge in [-0.25, -0.2) is 0 Å². The summed E-state index contributed by atoms with van der Waals surface area (Å²) in [6.45, 7) is 0. The van der Waals surface area contributed by atoms with Gasteiger partial charge in [-0.15, -0.1) is 11.3 Å². The van der Waals surface area contributed by atoms with Crippen LogP contribution in [0.3, 0.4) is 0 Å². The van der Waals surface area contributed by atoms with Crippen molar-refractivity contribution in [1.82, 2.24) is 4.98 Å². The summed E-state index contributed by atoms with van der Waals surface area (Å²) in [7, 11) is 0. The molecular formula is C3H9N8O2PtS-3. The van der Waals surface area contributed by atoms with Gasteiger partial charge in [0.1, 0.15) is 0 Å². The third kappa shape index (κ3) is 103. The van der Waals surface area contributed by atoms with Crippen molar-refractivity contribution in [2.75, 3.05) is 0 Å². The van der Waals surface area contributed by atoms with Crippen LogP contribution in [0.25, 0.3) is 38.1 Å². The molecule has 15 heavy (non-hydrogen) atoms. The van der Waals surface area contributed by atoms with Gasteiger partial charge in [-0.1, -0.05) is 0 Å². The molecule has 0 aromatic carbocycles. The van der Waals surface area contributed by atoms with Crippen LogP contribution in [0.5, 0.6) is 0 Å². The van der Waals surface area contributed by atoms with Gasteiger partial charge in [-0.05, 0) is 0 Å². The average molecular weight is 416 g/mol. The van der Waals surface area contributed by atoms with Crippen LogP contribution in [-0.2, 0) is 21.1 Å². The third-order valence-corrected chi connectivity index (χ3v) is 0.869. The second kappa shape index (κ2) is 52.9. The summed E-state index contributed by atoms with van der Waals surface area (Å²) in [4.78, 5) is 6.74. The Kier molecular flexibility index (Phi) is 131. The number of nitrogens with zero attached hydrogens (tertiary/aromatic N) is 7. The van der Waals surface area contributed by atoms with E-state index in [0.717, 1.165) is 0 Å². The molecule has 0 aliphatic heterocycles. The smallest absolute Gasteiger partial charge is 0.0791 e. The van der Waals surface area contributed by atoms with Gasteiger partial charge in [0.2, 0.25) is 0 Å². The van der Waals surface area contributed by atoms with E-state index < -0.39 is 0 Å². The molecule has 0 saturated carbocycles. The zero-order valence-electron chi connectivity index (χ0n) is 7.16. The molecule has 1 rings (SSSR count). The van der Waals surface area contributed by atoms with Crippen molar-refractivity contribution in [2.45, 2.75) is 0 Å². The van der Waals surface area contributed by atoms with E-state index in [1.54, 1.807) is 23.0 Å². The first-order valence-corrected chi connectivity index (χ1v) is 3.06. The van der Waals surface area contributed by atoms with Crippen molar-refractivity contribution in [3.63, 3.8) is 0 Å². The number of hydrogen-bond donors (Lipinski definition) is 0. The third-order valence-electron chi connectivity index (χ3n) is 0.347. The van der Waals surface area contributed by atoms with E-state index in [4.69, 9.17) is 22.1 Å². The monoisotopic (exact) mass is 416 g/mol. The summed E-state index contributed by atoms with van der Waals surface area (Å²) in [6, 6.07) is 0. The minimum absolute atomic E-state index is 0. The fourth-order valence-corrected chi connectivity index (χ4v) is 0.527. The second-order valence-corrected chi connectivity index (χ2v) is 1.61. The maximum atomic E-state index is 6.75. The molecule has 6 N–H and O–H groups in total. The van der Waals surface area contributed by atoms with E-state index in [-0.39, 0.29) is 38.2 Å². The van der Waals surface area contributed by atoms with Gasteiger partial charge in [-0.3, -0.25) is 14.8 Å². The van der Waals surface area contributed by atoms with Crippen LogP contribution in [0.15, 0.2) is 17.1 Å². The van der Waals surface area contributed by atoms with Gasteiger partial charge in [0.15, 0.2) is 0 Å². The molecule has 10 nitrogen and oxygen atoms in total. The molecule has 0 bridgehead atoms. The van der Waals surface area contributed by atoms with Crippen LogP contribution in [0.4, 0.5) is 0 Å². The van der Waals surface area contributed by atoms with Gasteiger partial charge in [0, 0.05) is 32.6 Å². The molecule has 0 radical (unpaired) electrons. The maximum Gasteiger partial charge on any atom is 0.0791 e. The van der Waals surface area contributed by atoms with Gasteiger partial charge < -0.3 is 39.2 Å². The van der Waals surface area contributed by atoms with Crippen molar-refractivity contribution in [1.29, 1.82) is 0 Å². The normalized spacial score (nSPS) is 3.73. The van der Waals surface area contributed by atoms with Gasteiger partial charge >= 0.3 is 0 Å². The van der Waals surface area contributed by atoms with Crippen molar-refractivity contribution < 1.29 is 32.0 Å². The number of rotatable bonds is 0. The van der Waals surface area contributed by atoms with E-state index in [1.807, 2.05) is 5.38 Å². The van der Waals surface area contributed by atoms with Crippen LogP contribution in [0.1, 0.15) is 0 Å². The molecule has 12 heteroatoms. The van der Waals surface area contributed by atoms with Crippen LogP contribution in [0.2, 0.25) is 0 Å². The predicted molar refractivity (Wildman–Crippen MR) is 54.8 cm³/mol. The van der Waals surface area contributed by atoms with Crippen molar-refractivity contribution in [2.24, 2.45) is 0 Å². The Balaban J connectivity index is -0.0000000187. The summed E-state index contributed by atoms with van der Waals surface area (Å²) >= 11 is 1.60. The van der Waals surface area contributed by atoms with E-state index in [2.05, 4.69) is 4.98 Å². The minimum Gasteiger partial charge on any atom is -0.693 e. The summed E-state index contributed by atoms with van der Waals surface area (Å²) < 4.78 is 0. The van der Waals surface area contributed by atoms with E-state index in [9.17, 15) is 0 Å². The molecule has 0 saturated heterocycles. The quantitative estimate of drug-likeness (QED) is 0.344. The zero-order chi connectivity index (χ0) is 8.95. The average Bonchev–Trinajstić information content (AvgIpc) is 2.44. The first-order valence-electron chi connectivity index (χ1n) is 2.12. The number of nitrogens with two attached hydrogens (primary N) is 1. The Morgan fingerprint density at radius 1 is 1.00 bits per heavy atom. The van der Waals surface area contributed by atoms with Gasteiger partial charge in [-0.2, -0.15) is 0 Å². The van der Waals surface area contributed by atoms with Crippen molar-refractivity contribution >= 4 is 11.3 Å². The topological polar surface area (TPSA) is 227 Å². The largest absolute Gasteiger partial charge is 0.693 e. The number of aromatic nitrogens is 1. The molecule has 0 fully saturated rings. The Labute approximate surface area is 104 Å². The van der Waals surface area contributed by atoms with E-state index in [0.29, 0.717) is 0 Å². The summed E-state index contributed by atoms with van der Waals surface area (Å²) in [5, 5.41) is 1.93. The fraction of sp³-hybridized carbons (Fsp3) is 0. The van der Waals surface area contributed by atoms with Gasteiger partial charge in [0.05, 0.1) is 5.51 Å². The molecule has 0 aliphatic carbocycles. The Bertz CT molecular complexity index is 189. The zero-order valence-corrected chi connectivity index (χ0v) is 10.3. The molecule has 1 aromatic rings. The first kappa shape index (κ1) is 37.1. The molecule has 1 aromatic heterocycles. The number of thiazole rings is 1. The first-order chi connectivity index (χ1) is 5.33. The van der Waals surface area contributed by atoms with Gasteiger partial charge in [0.25, 0.3) is 0 Å². The van der Waals surface area contributed by atoms with E-state index >= 15 is 0 Å². The molecular weight excluding hydrogens is 407 g/mol. The van der Waals surface area contributed by atoms with E-state index in [1.165, 1.54) is 9.82 Å². The Hall–Kier alpha value is -1.18. The second-order valence-electron chi connectivity index (χ2n) is 0.855. The Morgan fingerprint density at radius 3 is 1.40 bits per heavy atom. The summed E-state index contributed by atoms with van der Waals surface area (Å²) in [5.74, 6) is 0. The van der Waals surface area contributed by atoms with Crippen molar-refractivity contribution in [3.8, 4) is 0 Å². The maximum absolute atomic E-state index is 6.75. The van der Waals surface area contributed by atoms with Crippen molar-refractivity contribution in [3.05, 3.63) is 55.2 Å². The SMILES string of the molecule is O.O.[N-]=[N+]=[N-].[N-]=[N+]=[N-].[NH2-].[Pt].c1cscn1. The molecule has 0 amide bonds. The number of hydrogen-bond acceptors (Lipinski definition) is 2. The Morgan fingerprint density at radius 2 is 1.33 bits per heavy atom. The van der Waals surface area contributed by atoms with Crippen LogP contribution in [0, 0.1) is 0 Å². The summed E-state index contributed by atoms with van der Waals surface area (Å²) in [5.41, 5.74) is 28.8. The molecule has 0 spiro atoms. The standard InChI is InChI=1S/C3H3NS.2N3.H2N.2H2O.Pt/c1-2-5-3-4-1;2*1-3-2;;;;/h1-3H;;;3*1H2;/q;3*-1;;;.